The second-order valence-electron chi connectivity index (χ2n) is 9.39. The van der Waals surface area contributed by atoms with Gasteiger partial charge in [-0.3, -0.25) is 14.4 Å². The van der Waals surface area contributed by atoms with Crippen LogP contribution < -0.4 is 10.6 Å². The molecule has 1 fully saturated rings. The Morgan fingerprint density at radius 1 is 1.00 bits per heavy atom. The number of halogens is 3. The maximum absolute atomic E-state index is 14.1. The number of piperidine rings is 1. The number of anilines is 1. The molecule has 38 heavy (non-hydrogen) atoms. The Hall–Kier alpha value is -3.59. The van der Waals surface area contributed by atoms with Crippen molar-refractivity contribution in [3.63, 3.8) is 0 Å². The zero-order chi connectivity index (χ0) is 27.2. The van der Waals surface area contributed by atoms with Crippen molar-refractivity contribution in [1.82, 2.24) is 10.2 Å². The van der Waals surface area contributed by atoms with Gasteiger partial charge in [0.05, 0.1) is 5.56 Å². The Bertz CT molecular complexity index is 1320. The van der Waals surface area contributed by atoms with E-state index >= 15 is 0 Å². The minimum absolute atomic E-state index is 0.0377. The molecule has 3 amide bonds. The molecule has 1 heterocycles. The molecule has 1 atom stereocenters. The summed E-state index contributed by atoms with van der Waals surface area (Å²) in [6.45, 7) is 2.42. The van der Waals surface area contributed by atoms with E-state index in [1.165, 1.54) is 31.2 Å². The fraction of sp³-hybridized carbons (Fsp3) is 0.276. The summed E-state index contributed by atoms with van der Waals surface area (Å²) < 4.78 is 28.3. The Morgan fingerprint density at radius 2 is 1.71 bits per heavy atom. The average Bonchev–Trinajstić information content (AvgIpc) is 2.88. The van der Waals surface area contributed by atoms with Gasteiger partial charge < -0.3 is 15.5 Å². The van der Waals surface area contributed by atoms with Crippen LogP contribution in [0.4, 0.5) is 14.5 Å². The third kappa shape index (κ3) is 7.04. The summed E-state index contributed by atoms with van der Waals surface area (Å²) in [6.07, 6.45) is 1.70. The van der Waals surface area contributed by atoms with E-state index in [0.717, 1.165) is 18.4 Å². The molecule has 3 aromatic rings. The SMILES string of the molecule is CC(=O)NC(Cc1cccc(F)c1)C(=O)N1CCC(c2ccc(NC(=O)c3ccc(Br)cc3F)cc2)CC1. The first-order valence-electron chi connectivity index (χ1n) is 12.4. The average molecular weight is 584 g/mol. The maximum Gasteiger partial charge on any atom is 0.258 e. The normalized spacial score (nSPS) is 14.6. The molecular weight excluding hydrogens is 556 g/mol. The Morgan fingerprint density at radius 3 is 2.34 bits per heavy atom. The number of likely N-dealkylation sites (tertiary alicyclic amines) is 1. The molecule has 9 heteroatoms. The van der Waals surface area contributed by atoms with Gasteiger partial charge in [0.1, 0.15) is 17.7 Å². The van der Waals surface area contributed by atoms with E-state index in [0.29, 0.717) is 28.8 Å². The summed E-state index contributed by atoms with van der Waals surface area (Å²) in [5.74, 6) is -1.78. The van der Waals surface area contributed by atoms with Crippen LogP contribution in [-0.2, 0) is 16.0 Å². The van der Waals surface area contributed by atoms with Crippen LogP contribution in [0.3, 0.4) is 0 Å². The van der Waals surface area contributed by atoms with Gasteiger partial charge in [0.2, 0.25) is 11.8 Å². The molecule has 198 valence electrons. The molecule has 4 rings (SSSR count). The molecule has 6 nitrogen and oxygen atoms in total. The lowest BCUT2D eigenvalue weighted by Gasteiger charge is -2.34. The van der Waals surface area contributed by atoms with Crippen molar-refractivity contribution < 1.29 is 23.2 Å². The first-order chi connectivity index (χ1) is 18.2. The molecule has 1 aliphatic heterocycles. The summed E-state index contributed by atoms with van der Waals surface area (Å²) >= 11 is 3.18. The largest absolute Gasteiger partial charge is 0.344 e. The number of amides is 3. The van der Waals surface area contributed by atoms with Crippen LogP contribution >= 0.6 is 15.9 Å². The molecule has 0 aromatic heterocycles. The maximum atomic E-state index is 14.1. The summed E-state index contributed by atoms with van der Waals surface area (Å²) in [5, 5.41) is 5.43. The van der Waals surface area contributed by atoms with Gasteiger partial charge in [0.15, 0.2) is 0 Å². The fourth-order valence-corrected chi connectivity index (χ4v) is 5.04. The third-order valence-electron chi connectivity index (χ3n) is 6.63. The van der Waals surface area contributed by atoms with E-state index in [2.05, 4.69) is 26.6 Å². The Labute approximate surface area is 228 Å². The van der Waals surface area contributed by atoms with Gasteiger partial charge in [-0.15, -0.1) is 0 Å². The topological polar surface area (TPSA) is 78.5 Å². The highest BCUT2D eigenvalue weighted by molar-refractivity contribution is 9.10. The molecule has 0 spiro atoms. The van der Waals surface area contributed by atoms with E-state index in [1.807, 2.05) is 12.1 Å². The lowest BCUT2D eigenvalue weighted by molar-refractivity contribution is -0.137. The monoisotopic (exact) mass is 583 g/mol. The molecule has 1 saturated heterocycles. The number of benzene rings is 3. The standard InChI is InChI=1S/C29H28BrF2N3O3/c1-18(36)33-27(16-19-3-2-4-23(31)15-19)29(38)35-13-11-21(12-14-35)20-5-8-24(9-6-20)34-28(37)25-10-7-22(30)17-26(25)32/h2-10,15,17,21,27H,11-14,16H2,1H3,(H,33,36)(H,34,37). The zero-order valence-corrected chi connectivity index (χ0v) is 22.4. The van der Waals surface area contributed by atoms with Gasteiger partial charge in [0, 0.05) is 36.6 Å². The van der Waals surface area contributed by atoms with Gasteiger partial charge >= 0.3 is 0 Å². The van der Waals surface area contributed by atoms with Gasteiger partial charge in [-0.2, -0.15) is 0 Å². The predicted octanol–water partition coefficient (Wildman–Crippen LogP) is 5.43. The van der Waals surface area contributed by atoms with Crippen LogP contribution in [0.5, 0.6) is 0 Å². The number of carbonyl (C=O) groups excluding carboxylic acids is 3. The smallest absolute Gasteiger partial charge is 0.258 e. The Kier molecular flexibility index (Phi) is 8.89. The minimum Gasteiger partial charge on any atom is -0.344 e. The van der Waals surface area contributed by atoms with Gasteiger partial charge in [-0.05, 0) is 72.4 Å². The van der Waals surface area contributed by atoms with Crippen molar-refractivity contribution >= 4 is 39.3 Å². The summed E-state index contributed by atoms with van der Waals surface area (Å²) in [6, 6.07) is 17.0. The number of hydrogen-bond donors (Lipinski definition) is 2. The first kappa shape index (κ1) is 27.4. The van der Waals surface area contributed by atoms with Crippen LogP contribution in [0.1, 0.15) is 47.2 Å². The lowest BCUT2D eigenvalue weighted by atomic mass is 9.89. The highest BCUT2D eigenvalue weighted by Crippen LogP contribution is 2.29. The number of nitrogens with one attached hydrogen (secondary N) is 2. The molecule has 3 aromatic carbocycles. The van der Waals surface area contributed by atoms with Gasteiger partial charge in [-0.1, -0.05) is 40.2 Å². The van der Waals surface area contributed by atoms with Crippen LogP contribution in [0.15, 0.2) is 71.2 Å². The molecule has 0 bridgehead atoms. The molecule has 0 saturated carbocycles. The van der Waals surface area contributed by atoms with Crippen LogP contribution in [0, 0.1) is 11.6 Å². The molecule has 2 N–H and O–H groups in total. The Balaban J connectivity index is 1.34. The highest BCUT2D eigenvalue weighted by atomic mass is 79.9. The van der Waals surface area contributed by atoms with Crippen molar-refractivity contribution in [3.8, 4) is 0 Å². The van der Waals surface area contributed by atoms with E-state index in [-0.39, 0.29) is 35.5 Å². The number of carbonyl (C=O) groups is 3. The molecule has 1 unspecified atom stereocenters. The summed E-state index contributed by atoms with van der Waals surface area (Å²) in [5.41, 5.74) is 2.25. The zero-order valence-electron chi connectivity index (χ0n) is 20.8. The van der Waals surface area contributed by atoms with Crippen molar-refractivity contribution in [2.45, 2.75) is 38.1 Å². The number of rotatable bonds is 7. The van der Waals surface area contributed by atoms with Gasteiger partial charge in [0.25, 0.3) is 5.91 Å². The minimum atomic E-state index is -0.760. The van der Waals surface area contributed by atoms with E-state index < -0.39 is 17.8 Å². The quantitative estimate of drug-likeness (QED) is 0.389. The lowest BCUT2D eigenvalue weighted by Crippen LogP contribution is -2.51. The third-order valence-corrected chi connectivity index (χ3v) is 7.12. The van der Waals surface area contributed by atoms with Crippen molar-refractivity contribution in [3.05, 3.63) is 99.5 Å². The van der Waals surface area contributed by atoms with E-state index in [4.69, 9.17) is 0 Å². The summed E-state index contributed by atoms with van der Waals surface area (Å²) in [7, 11) is 0. The second kappa shape index (κ2) is 12.3. The summed E-state index contributed by atoms with van der Waals surface area (Å²) in [4.78, 5) is 39.1. The van der Waals surface area contributed by atoms with Crippen molar-refractivity contribution in [2.24, 2.45) is 0 Å². The molecule has 1 aliphatic rings. The van der Waals surface area contributed by atoms with Crippen molar-refractivity contribution in [2.75, 3.05) is 18.4 Å². The van der Waals surface area contributed by atoms with Crippen LogP contribution in [0.2, 0.25) is 0 Å². The van der Waals surface area contributed by atoms with E-state index in [1.54, 1.807) is 35.2 Å². The molecule has 0 radical (unpaired) electrons. The van der Waals surface area contributed by atoms with Gasteiger partial charge in [-0.25, -0.2) is 8.78 Å². The van der Waals surface area contributed by atoms with Crippen LogP contribution in [-0.4, -0.2) is 41.8 Å². The fourth-order valence-electron chi connectivity index (χ4n) is 4.71. The second-order valence-corrected chi connectivity index (χ2v) is 10.3. The van der Waals surface area contributed by atoms with E-state index in [9.17, 15) is 23.2 Å². The highest BCUT2D eigenvalue weighted by Gasteiger charge is 2.29. The first-order valence-corrected chi connectivity index (χ1v) is 13.2. The van der Waals surface area contributed by atoms with Crippen LogP contribution in [0.25, 0.3) is 0 Å². The van der Waals surface area contributed by atoms with Crippen molar-refractivity contribution in [1.29, 1.82) is 0 Å². The molecule has 0 aliphatic carbocycles. The predicted molar refractivity (Wildman–Crippen MR) is 145 cm³/mol. The number of nitrogens with zero attached hydrogens (tertiary/aromatic N) is 1. The number of hydrogen-bond acceptors (Lipinski definition) is 3. The molecular formula is C29H28BrF2N3O3.